The zero-order chi connectivity index (χ0) is 23.5. The molecular weight excluding hydrogens is 454 g/mol. The second-order valence-corrected chi connectivity index (χ2v) is 8.73. The topological polar surface area (TPSA) is 94.6 Å². The predicted molar refractivity (Wildman–Crippen MR) is 130 cm³/mol. The van der Waals surface area contributed by atoms with Crippen molar-refractivity contribution in [2.24, 2.45) is 5.92 Å². The lowest BCUT2D eigenvalue weighted by Crippen LogP contribution is -2.51. The maximum atomic E-state index is 13.1. The van der Waals surface area contributed by atoms with E-state index >= 15 is 0 Å². The Morgan fingerprint density at radius 2 is 1.76 bits per heavy atom. The maximum Gasteiger partial charge on any atom is 0.228 e. The van der Waals surface area contributed by atoms with Gasteiger partial charge < -0.3 is 20.0 Å². The number of carbonyl (C=O) groups is 2. The van der Waals surface area contributed by atoms with E-state index < -0.39 is 0 Å². The van der Waals surface area contributed by atoms with E-state index in [1.54, 1.807) is 23.2 Å². The summed E-state index contributed by atoms with van der Waals surface area (Å²) in [7, 11) is 0. The van der Waals surface area contributed by atoms with Gasteiger partial charge in [-0.15, -0.1) is 0 Å². The van der Waals surface area contributed by atoms with E-state index in [4.69, 9.17) is 11.6 Å². The third-order valence-electron chi connectivity index (χ3n) is 6.10. The van der Waals surface area contributed by atoms with Gasteiger partial charge in [0.2, 0.25) is 11.8 Å². The molecule has 9 nitrogen and oxygen atoms in total. The van der Waals surface area contributed by atoms with Gasteiger partial charge in [0.05, 0.1) is 5.92 Å². The van der Waals surface area contributed by atoms with E-state index in [1.165, 1.54) is 6.33 Å². The number of halogens is 1. The number of hydrogen-bond acceptors (Lipinski definition) is 7. The summed E-state index contributed by atoms with van der Waals surface area (Å²) in [6.45, 7) is 2.88. The Morgan fingerprint density at radius 1 is 0.971 bits per heavy atom. The third kappa shape index (κ3) is 4.79. The molecule has 5 rings (SSSR count). The first-order valence-electron chi connectivity index (χ1n) is 11.2. The number of nitrogens with one attached hydrogen (secondary N) is 1. The molecule has 10 heteroatoms. The highest BCUT2D eigenvalue weighted by Crippen LogP contribution is 2.28. The molecule has 3 aromatic rings. The lowest BCUT2D eigenvalue weighted by molar-refractivity contribution is -0.136. The monoisotopic (exact) mass is 477 g/mol. The van der Waals surface area contributed by atoms with Gasteiger partial charge in [-0.25, -0.2) is 15.0 Å². The zero-order valence-corrected chi connectivity index (χ0v) is 19.2. The molecule has 2 amide bonds. The van der Waals surface area contributed by atoms with Crippen molar-refractivity contribution in [3.05, 3.63) is 66.1 Å². The Kier molecular flexibility index (Phi) is 6.27. The molecule has 2 saturated heterocycles. The van der Waals surface area contributed by atoms with Crippen LogP contribution in [-0.4, -0.2) is 64.4 Å². The van der Waals surface area contributed by atoms with Gasteiger partial charge in [0.1, 0.15) is 23.8 Å². The van der Waals surface area contributed by atoms with Crippen LogP contribution in [0.25, 0.3) is 0 Å². The fourth-order valence-electron chi connectivity index (χ4n) is 4.31. The number of carbonyl (C=O) groups excluding carboxylic acids is 2. The number of piperazine rings is 1. The molecule has 0 spiro atoms. The Bertz CT molecular complexity index is 1170. The second-order valence-electron chi connectivity index (χ2n) is 8.30. The Hall–Kier alpha value is -3.72. The first-order valence-corrected chi connectivity index (χ1v) is 11.5. The highest BCUT2D eigenvalue weighted by atomic mass is 35.5. The van der Waals surface area contributed by atoms with Gasteiger partial charge in [0, 0.05) is 62.1 Å². The summed E-state index contributed by atoms with van der Waals surface area (Å²) in [5.41, 5.74) is 0.772. The van der Waals surface area contributed by atoms with Crippen LogP contribution >= 0.6 is 11.6 Å². The normalized spacial score (nSPS) is 18.3. The minimum atomic E-state index is -0.331. The van der Waals surface area contributed by atoms with E-state index in [2.05, 4.69) is 25.2 Å². The standard InChI is InChI=1S/C24H24ClN7O2/c25-18-4-6-19(7-5-18)32-15-17(13-23(32)33)24(34)31-11-9-30(10-12-31)22-14-21(27-16-28-22)29-20-3-1-2-8-26-20/h1-8,14,16-17H,9-13,15H2,(H,26,27,28,29). The lowest BCUT2D eigenvalue weighted by atomic mass is 10.1. The summed E-state index contributed by atoms with van der Waals surface area (Å²) in [5.74, 6) is 1.83. The summed E-state index contributed by atoms with van der Waals surface area (Å²) in [6, 6.07) is 14.6. The van der Waals surface area contributed by atoms with Gasteiger partial charge in [0.25, 0.3) is 0 Å². The smallest absolute Gasteiger partial charge is 0.228 e. The van der Waals surface area contributed by atoms with Crippen LogP contribution in [0.15, 0.2) is 61.1 Å². The van der Waals surface area contributed by atoms with Crippen LogP contribution in [0.4, 0.5) is 23.1 Å². The zero-order valence-electron chi connectivity index (χ0n) is 18.5. The molecule has 0 aliphatic carbocycles. The molecule has 174 valence electrons. The minimum absolute atomic E-state index is 0.0321. The average Bonchev–Trinajstić information content (AvgIpc) is 3.26. The first-order chi connectivity index (χ1) is 16.6. The Balaban J connectivity index is 1.18. The number of anilines is 4. The molecule has 0 bridgehead atoms. The molecule has 1 unspecified atom stereocenters. The molecule has 2 aliphatic rings. The largest absolute Gasteiger partial charge is 0.353 e. The van der Waals surface area contributed by atoms with Crippen LogP contribution in [0.5, 0.6) is 0 Å². The van der Waals surface area contributed by atoms with Crippen LogP contribution in [0.2, 0.25) is 5.02 Å². The van der Waals surface area contributed by atoms with Crippen molar-refractivity contribution in [3.8, 4) is 0 Å². The summed E-state index contributed by atoms with van der Waals surface area (Å²) in [6.07, 6.45) is 3.47. The summed E-state index contributed by atoms with van der Waals surface area (Å²) in [4.78, 5) is 44.3. The fourth-order valence-corrected chi connectivity index (χ4v) is 4.44. The lowest BCUT2D eigenvalue weighted by Gasteiger charge is -2.36. The molecule has 2 fully saturated rings. The second kappa shape index (κ2) is 9.64. The summed E-state index contributed by atoms with van der Waals surface area (Å²) < 4.78 is 0. The van der Waals surface area contributed by atoms with Crippen LogP contribution in [0.1, 0.15) is 6.42 Å². The van der Waals surface area contributed by atoms with Gasteiger partial charge in [-0.2, -0.15) is 0 Å². The van der Waals surface area contributed by atoms with Crippen LogP contribution in [-0.2, 0) is 9.59 Å². The van der Waals surface area contributed by atoms with E-state index in [0.29, 0.717) is 49.4 Å². The average molecular weight is 478 g/mol. The SMILES string of the molecule is O=C(C1CC(=O)N(c2ccc(Cl)cc2)C1)N1CCN(c2cc(Nc3ccccn3)ncn2)CC1. The molecule has 1 N–H and O–H groups in total. The van der Waals surface area contributed by atoms with Gasteiger partial charge in [-0.05, 0) is 36.4 Å². The van der Waals surface area contributed by atoms with Crippen molar-refractivity contribution in [2.75, 3.05) is 47.8 Å². The van der Waals surface area contributed by atoms with Crippen molar-refractivity contribution in [2.45, 2.75) is 6.42 Å². The molecule has 2 aliphatic heterocycles. The van der Waals surface area contributed by atoms with Crippen molar-refractivity contribution in [3.63, 3.8) is 0 Å². The summed E-state index contributed by atoms with van der Waals surface area (Å²) >= 11 is 5.95. The van der Waals surface area contributed by atoms with Crippen molar-refractivity contribution < 1.29 is 9.59 Å². The Morgan fingerprint density at radius 3 is 2.50 bits per heavy atom. The number of nitrogens with zero attached hydrogens (tertiary/aromatic N) is 6. The minimum Gasteiger partial charge on any atom is -0.353 e. The maximum absolute atomic E-state index is 13.1. The first kappa shape index (κ1) is 22.1. The number of pyridine rings is 1. The van der Waals surface area contributed by atoms with Gasteiger partial charge in [-0.1, -0.05) is 17.7 Å². The molecule has 2 aromatic heterocycles. The number of amides is 2. The van der Waals surface area contributed by atoms with Crippen LogP contribution < -0.4 is 15.1 Å². The quantitative estimate of drug-likeness (QED) is 0.603. The van der Waals surface area contributed by atoms with Gasteiger partial charge >= 0.3 is 0 Å². The number of benzene rings is 1. The van der Waals surface area contributed by atoms with E-state index in [0.717, 1.165) is 11.5 Å². The number of aromatic nitrogens is 3. The van der Waals surface area contributed by atoms with Gasteiger partial charge in [0.15, 0.2) is 0 Å². The summed E-state index contributed by atoms with van der Waals surface area (Å²) in [5, 5.41) is 3.79. The van der Waals surface area contributed by atoms with Crippen LogP contribution in [0, 0.1) is 5.92 Å². The highest BCUT2D eigenvalue weighted by Gasteiger charge is 2.38. The van der Waals surface area contributed by atoms with Gasteiger partial charge in [-0.3, -0.25) is 9.59 Å². The molecule has 34 heavy (non-hydrogen) atoms. The third-order valence-corrected chi connectivity index (χ3v) is 6.35. The highest BCUT2D eigenvalue weighted by molar-refractivity contribution is 6.30. The molecule has 1 aromatic carbocycles. The van der Waals surface area contributed by atoms with Crippen LogP contribution in [0.3, 0.4) is 0 Å². The molecular formula is C24H24ClN7O2. The van der Waals surface area contributed by atoms with Crippen molar-refractivity contribution in [1.29, 1.82) is 0 Å². The molecule has 4 heterocycles. The molecule has 1 atom stereocenters. The van der Waals surface area contributed by atoms with Crippen molar-refractivity contribution >= 4 is 46.6 Å². The number of rotatable bonds is 5. The number of hydrogen-bond donors (Lipinski definition) is 1. The molecule has 0 radical (unpaired) electrons. The molecule has 0 saturated carbocycles. The fraction of sp³-hybridized carbons (Fsp3) is 0.292. The Labute approximate surface area is 202 Å². The van der Waals surface area contributed by atoms with Crippen molar-refractivity contribution in [1.82, 2.24) is 19.9 Å². The predicted octanol–water partition coefficient (Wildman–Crippen LogP) is 2.97. The van der Waals surface area contributed by atoms with E-state index in [1.807, 2.05) is 41.3 Å². The van der Waals surface area contributed by atoms with E-state index in [-0.39, 0.29) is 24.2 Å². The van der Waals surface area contributed by atoms with E-state index in [9.17, 15) is 9.59 Å².